The number of hydrogen-bond donors (Lipinski definition) is 2. The van der Waals surface area contributed by atoms with Gasteiger partial charge in [0, 0.05) is 35.9 Å². The van der Waals surface area contributed by atoms with E-state index in [9.17, 15) is 9.59 Å². The second-order valence-electron chi connectivity index (χ2n) is 10.7. The SMILES string of the molecule is C[C@H](Oc1ccc2c3c(c(=O)oc2c1)CCCC3)C(=O)NC1CC(C)(C)[NH2+]C(C)(C)C1. The minimum absolute atomic E-state index is 0.0822. The first kappa shape index (κ1) is 21.9. The van der Waals surface area contributed by atoms with Crippen molar-refractivity contribution in [2.75, 3.05) is 0 Å². The molecule has 2 aromatic rings. The van der Waals surface area contributed by atoms with Gasteiger partial charge in [-0.15, -0.1) is 0 Å². The molecule has 0 radical (unpaired) electrons. The molecule has 3 N–H and O–H groups in total. The van der Waals surface area contributed by atoms with E-state index in [2.05, 4.69) is 38.3 Å². The highest BCUT2D eigenvalue weighted by Crippen LogP contribution is 2.29. The molecular formula is C25H35N2O4+. The van der Waals surface area contributed by atoms with E-state index in [1.807, 2.05) is 12.1 Å². The molecule has 2 aliphatic rings. The van der Waals surface area contributed by atoms with Gasteiger partial charge in [0.1, 0.15) is 11.3 Å². The lowest BCUT2D eigenvalue weighted by molar-refractivity contribution is -0.787. The number of nitrogens with two attached hydrogens (primary N) is 1. The predicted molar refractivity (Wildman–Crippen MR) is 120 cm³/mol. The number of benzene rings is 1. The Labute approximate surface area is 183 Å². The lowest BCUT2D eigenvalue weighted by atomic mass is 9.79. The van der Waals surface area contributed by atoms with Crippen molar-refractivity contribution in [2.24, 2.45) is 0 Å². The minimum Gasteiger partial charge on any atom is -0.481 e. The first-order valence-corrected chi connectivity index (χ1v) is 11.5. The van der Waals surface area contributed by atoms with Crippen molar-refractivity contribution in [3.63, 3.8) is 0 Å². The van der Waals surface area contributed by atoms with E-state index in [0.717, 1.165) is 55.0 Å². The van der Waals surface area contributed by atoms with Gasteiger partial charge >= 0.3 is 5.63 Å². The van der Waals surface area contributed by atoms with Crippen molar-refractivity contribution in [3.8, 4) is 5.75 Å². The normalized spacial score (nSPS) is 21.3. The molecule has 1 atom stereocenters. The molecule has 0 spiro atoms. The summed E-state index contributed by atoms with van der Waals surface area (Å²) in [5.41, 5.74) is 2.37. The summed E-state index contributed by atoms with van der Waals surface area (Å²) in [7, 11) is 0. The predicted octanol–water partition coefficient (Wildman–Crippen LogP) is 2.84. The number of ether oxygens (including phenoxy) is 1. The number of aryl methyl sites for hydroxylation is 1. The molecule has 31 heavy (non-hydrogen) atoms. The number of piperidine rings is 1. The number of carbonyl (C=O) groups excluding carboxylic acids is 1. The van der Waals surface area contributed by atoms with Gasteiger partial charge in [-0.1, -0.05) is 0 Å². The van der Waals surface area contributed by atoms with Gasteiger partial charge in [0.25, 0.3) is 5.91 Å². The van der Waals surface area contributed by atoms with Crippen LogP contribution in [-0.4, -0.2) is 29.1 Å². The maximum absolute atomic E-state index is 12.8. The van der Waals surface area contributed by atoms with Crippen LogP contribution in [0.25, 0.3) is 11.0 Å². The van der Waals surface area contributed by atoms with Gasteiger partial charge in [0.15, 0.2) is 6.10 Å². The van der Waals surface area contributed by atoms with E-state index in [-0.39, 0.29) is 28.7 Å². The summed E-state index contributed by atoms with van der Waals surface area (Å²) in [6, 6.07) is 5.67. The molecule has 1 aliphatic heterocycles. The van der Waals surface area contributed by atoms with Crippen LogP contribution in [0.15, 0.2) is 27.4 Å². The highest BCUT2D eigenvalue weighted by Gasteiger charge is 2.42. The maximum atomic E-state index is 12.8. The third-order valence-corrected chi connectivity index (χ3v) is 6.55. The fraction of sp³-hybridized carbons (Fsp3) is 0.600. The Bertz CT molecular complexity index is 1040. The highest BCUT2D eigenvalue weighted by atomic mass is 16.5. The highest BCUT2D eigenvalue weighted by molar-refractivity contribution is 5.84. The van der Waals surface area contributed by atoms with Crippen molar-refractivity contribution in [1.82, 2.24) is 5.32 Å². The molecule has 1 aliphatic carbocycles. The lowest BCUT2D eigenvalue weighted by Crippen LogP contribution is -3.06. The minimum atomic E-state index is -0.640. The zero-order valence-electron chi connectivity index (χ0n) is 19.3. The smallest absolute Gasteiger partial charge is 0.339 e. The topological polar surface area (TPSA) is 85.1 Å². The average Bonchev–Trinajstić information content (AvgIpc) is 2.65. The Morgan fingerprint density at radius 1 is 1.13 bits per heavy atom. The Hall–Kier alpha value is -2.34. The quantitative estimate of drug-likeness (QED) is 0.735. The molecule has 6 heteroatoms. The van der Waals surface area contributed by atoms with E-state index >= 15 is 0 Å². The van der Waals surface area contributed by atoms with Crippen LogP contribution in [0.1, 0.15) is 71.4 Å². The summed E-state index contributed by atoms with van der Waals surface area (Å²) in [6.45, 7) is 10.6. The summed E-state index contributed by atoms with van der Waals surface area (Å²) in [6.07, 6.45) is 5.01. The molecule has 0 unspecified atom stereocenters. The molecule has 168 valence electrons. The van der Waals surface area contributed by atoms with Gasteiger partial charge in [-0.25, -0.2) is 4.79 Å². The van der Waals surface area contributed by atoms with Gasteiger partial charge in [-0.2, -0.15) is 0 Å². The summed E-state index contributed by atoms with van der Waals surface area (Å²) >= 11 is 0. The second-order valence-corrected chi connectivity index (χ2v) is 10.7. The van der Waals surface area contributed by atoms with Crippen LogP contribution < -0.4 is 21.0 Å². The van der Waals surface area contributed by atoms with Crippen LogP contribution in [0.4, 0.5) is 0 Å². The number of amides is 1. The average molecular weight is 428 g/mol. The number of rotatable bonds is 4. The van der Waals surface area contributed by atoms with E-state index in [4.69, 9.17) is 9.15 Å². The molecule has 0 bridgehead atoms. The Kier molecular flexibility index (Phi) is 5.63. The first-order chi connectivity index (χ1) is 14.5. The fourth-order valence-electron chi connectivity index (χ4n) is 5.70. The van der Waals surface area contributed by atoms with Gasteiger partial charge in [-0.05, 0) is 78.0 Å². The summed E-state index contributed by atoms with van der Waals surface area (Å²) < 4.78 is 11.5. The van der Waals surface area contributed by atoms with Gasteiger partial charge < -0.3 is 19.8 Å². The van der Waals surface area contributed by atoms with Crippen molar-refractivity contribution in [2.45, 2.75) is 96.4 Å². The fourth-order valence-corrected chi connectivity index (χ4v) is 5.70. The summed E-state index contributed by atoms with van der Waals surface area (Å²) in [5.74, 6) is 0.414. The number of nitrogens with one attached hydrogen (secondary N) is 1. The molecule has 1 saturated heterocycles. The van der Waals surface area contributed by atoms with Gasteiger partial charge in [0.2, 0.25) is 0 Å². The monoisotopic (exact) mass is 427 g/mol. The molecule has 2 heterocycles. The van der Waals surface area contributed by atoms with E-state index in [0.29, 0.717) is 11.3 Å². The summed E-state index contributed by atoms with van der Waals surface area (Å²) in [5, 5.41) is 6.55. The number of quaternary nitrogens is 1. The number of hydrogen-bond acceptors (Lipinski definition) is 4. The lowest BCUT2D eigenvalue weighted by Gasteiger charge is -2.43. The van der Waals surface area contributed by atoms with E-state index in [1.54, 1.807) is 13.0 Å². The first-order valence-electron chi connectivity index (χ1n) is 11.5. The molecule has 0 saturated carbocycles. The van der Waals surface area contributed by atoms with Gasteiger partial charge in [-0.3, -0.25) is 4.79 Å². The number of fused-ring (bicyclic) bond motifs is 3. The molecule has 1 aromatic carbocycles. The van der Waals surface area contributed by atoms with Crippen molar-refractivity contribution >= 4 is 16.9 Å². The second kappa shape index (κ2) is 7.97. The Morgan fingerprint density at radius 3 is 2.45 bits per heavy atom. The van der Waals surface area contributed by atoms with E-state index < -0.39 is 6.10 Å². The Morgan fingerprint density at radius 2 is 1.77 bits per heavy atom. The van der Waals surface area contributed by atoms with Crippen molar-refractivity contribution in [1.29, 1.82) is 0 Å². The van der Waals surface area contributed by atoms with Crippen LogP contribution in [0.3, 0.4) is 0 Å². The maximum Gasteiger partial charge on any atom is 0.339 e. The van der Waals surface area contributed by atoms with Crippen LogP contribution in [-0.2, 0) is 17.6 Å². The molecule has 1 amide bonds. The Balaban J connectivity index is 1.47. The van der Waals surface area contributed by atoms with Crippen LogP contribution in [0.2, 0.25) is 0 Å². The number of carbonyl (C=O) groups is 1. The van der Waals surface area contributed by atoms with Crippen LogP contribution in [0.5, 0.6) is 5.75 Å². The summed E-state index contributed by atoms with van der Waals surface area (Å²) in [4.78, 5) is 25.2. The van der Waals surface area contributed by atoms with Crippen molar-refractivity contribution < 1.29 is 19.3 Å². The zero-order valence-corrected chi connectivity index (χ0v) is 19.3. The van der Waals surface area contributed by atoms with Crippen LogP contribution in [0, 0.1) is 0 Å². The third-order valence-electron chi connectivity index (χ3n) is 6.55. The van der Waals surface area contributed by atoms with Crippen molar-refractivity contribution in [3.05, 3.63) is 39.7 Å². The molecule has 6 nitrogen and oxygen atoms in total. The molecule has 4 rings (SSSR count). The van der Waals surface area contributed by atoms with E-state index in [1.165, 1.54) is 0 Å². The largest absolute Gasteiger partial charge is 0.481 e. The molecule has 1 fully saturated rings. The third kappa shape index (κ3) is 4.79. The molecule has 1 aromatic heterocycles. The molecular weight excluding hydrogens is 392 g/mol. The van der Waals surface area contributed by atoms with Gasteiger partial charge in [0.05, 0.1) is 11.1 Å². The zero-order chi connectivity index (χ0) is 22.4. The van der Waals surface area contributed by atoms with Crippen LogP contribution >= 0.6 is 0 Å². The standard InChI is InChI=1S/C25H34N2O4/c1-15(22(28)26-16-13-24(2,3)27-25(4,5)14-16)30-17-10-11-19-18-8-6-7-9-20(18)23(29)31-21(19)12-17/h10-12,15-16,27H,6-9,13-14H2,1-5H3,(H,26,28)/p+1/t15-/m0/s1.